The van der Waals surface area contributed by atoms with E-state index in [4.69, 9.17) is 10.5 Å². The Morgan fingerprint density at radius 1 is 0.860 bits per heavy atom. The smallest absolute Gasteiger partial charge is 0.410 e. The first kappa shape index (κ1) is 29.4. The van der Waals surface area contributed by atoms with Crippen molar-refractivity contribution in [3.63, 3.8) is 0 Å². The Morgan fingerprint density at radius 3 is 2.26 bits per heavy atom. The van der Waals surface area contributed by atoms with Gasteiger partial charge in [-0.25, -0.2) is 4.79 Å². The van der Waals surface area contributed by atoms with Crippen molar-refractivity contribution in [2.45, 2.75) is 50.4 Å². The minimum absolute atomic E-state index is 0.0893. The van der Waals surface area contributed by atoms with E-state index in [0.717, 1.165) is 27.6 Å². The predicted molar refractivity (Wildman–Crippen MR) is 162 cm³/mol. The summed E-state index contributed by atoms with van der Waals surface area (Å²) in [6.07, 6.45) is 2.64. The Morgan fingerprint density at radius 2 is 1.53 bits per heavy atom. The molecular formula is C33H35N5O5. The minimum Gasteiger partial charge on any atom is -0.445 e. The van der Waals surface area contributed by atoms with E-state index in [1.807, 2.05) is 84.9 Å². The second-order valence-corrected chi connectivity index (χ2v) is 10.7. The molecule has 0 bridgehead atoms. The van der Waals surface area contributed by atoms with Crippen molar-refractivity contribution in [1.29, 1.82) is 0 Å². The van der Waals surface area contributed by atoms with Crippen molar-refractivity contribution >= 4 is 34.7 Å². The molecule has 0 saturated carbocycles. The fourth-order valence-corrected chi connectivity index (χ4v) is 5.40. The number of hydrogen-bond acceptors (Lipinski definition) is 5. The second-order valence-electron chi connectivity index (χ2n) is 10.7. The van der Waals surface area contributed by atoms with Gasteiger partial charge in [-0.2, -0.15) is 0 Å². The number of fused-ring (bicyclic) bond motifs is 1. The van der Waals surface area contributed by atoms with Crippen LogP contribution in [0.5, 0.6) is 0 Å². The second kappa shape index (κ2) is 13.7. The van der Waals surface area contributed by atoms with Gasteiger partial charge in [-0.3, -0.25) is 19.3 Å². The van der Waals surface area contributed by atoms with Crippen molar-refractivity contribution in [1.82, 2.24) is 20.5 Å². The summed E-state index contributed by atoms with van der Waals surface area (Å²) in [7, 11) is 0. The first-order chi connectivity index (χ1) is 20.9. The molecular weight excluding hydrogens is 546 g/mol. The van der Waals surface area contributed by atoms with Gasteiger partial charge in [0.1, 0.15) is 24.7 Å². The number of aromatic amines is 1. The molecule has 1 fully saturated rings. The number of nitrogens with one attached hydrogen (secondary N) is 3. The summed E-state index contributed by atoms with van der Waals surface area (Å²) in [4.78, 5) is 57.2. The molecule has 4 amide bonds. The maximum Gasteiger partial charge on any atom is 0.410 e. The molecule has 3 aromatic carbocycles. The molecule has 43 heavy (non-hydrogen) atoms. The van der Waals surface area contributed by atoms with Crippen LogP contribution in [0.3, 0.4) is 0 Å². The van der Waals surface area contributed by atoms with Crippen LogP contribution in [0.1, 0.15) is 29.5 Å². The molecule has 1 aromatic heterocycles. The number of hydrogen-bond donors (Lipinski definition) is 4. The first-order valence-electron chi connectivity index (χ1n) is 14.4. The molecule has 5 rings (SSSR count). The van der Waals surface area contributed by atoms with E-state index < -0.39 is 41.9 Å². The molecule has 1 saturated heterocycles. The highest BCUT2D eigenvalue weighted by Crippen LogP contribution is 2.22. The fraction of sp³-hybridized carbons (Fsp3) is 0.273. The Hall–Kier alpha value is -5.12. The Balaban J connectivity index is 1.32. The lowest BCUT2D eigenvalue weighted by atomic mass is 10.0. The number of rotatable bonds is 11. The summed E-state index contributed by atoms with van der Waals surface area (Å²) in [5.41, 5.74) is 9.05. The molecule has 0 radical (unpaired) electrons. The highest BCUT2D eigenvalue weighted by Gasteiger charge is 2.37. The van der Waals surface area contributed by atoms with Crippen LogP contribution in [-0.4, -0.2) is 58.4 Å². The highest BCUT2D eigenvalue weighted by atomic mass is 16.6. The van der Waals surface area contributed by atoms with Crippen molar-refractivity contribution in [3.05, 3.63) is 108 Å². The summed E-state index contributed by atoms with van der Waals surface area (Å²) in [6, 6.07) is 23.4. The molecule has 0 unspecified atom stereocenters. The normalized spacial score (nSPS) is 15.9. The summed E-state index contributed by atoms with van der Waals surface area (Å²) >= 11 is 0. The van der Waals surface area contributed by atoms with Gasteiger partial charge >= 0.3 is 6.09 Å². The van der Waals surface area contributed by atoms with E-state index >= 15 is 0 Å². The van der Waals surface area contributed by atoms with Gasteiger partial charge in [0, 0.05) is 36.5 Å². The van der Waals surface area contributed by atoms with E-state index in [0.29, 0.717) is 19.4 Å². The first-order valence-corrected chi connectivity index (χ1v) is 14.4. The van der Waals surface area contributed by atoms with Crippen LogP contribution < -0.4 is 16.4 Å². The van der Waals surface area contributed by atoms with E-state index in [-0.39, 0.29) is 19.4 Å². The summed E-state index contributed by atoms with van der Waals surface area (Å²) in [5, 5.41) is 6.53. The topological polar surface area (TPSA) is 147 Å². The maximum absolute atomic E-state index is 13.7. The zero-order chi connectivity index (χ0) is 30.2. The number of amides is 4. The zero-order valence-electron chi connectivity index (χ0n) is 23.7. The van der Waals surface area contributed by atoms with Gasteiger partial charge in [-0.1, -0.05) is 78.9 Å². The van der Waals surface area contributed by atoms with Gasteiger partial charge in [0.25, 0.3) is 0 Å². The average Bonchev–Trinajstić information content (AvgIpc) is 3.68. The van der Waals surface area contributed by atoms with Crippen LogP contribution in [-0.2, 0) is 38.6 Å². The third-order valence-electron chi connectivity index (χ3n) is 7.67. The third kappa shape index (κ3) is 7.40. The van der Waals surface area contributed by atoms with Crippen molar-refractivity contribution in [2.75, 3.05) is 6.54 Å². The van der Waals surface area contributed by atoms with Crippen LogP contribution >= 0.6 is 0 Å². The number of carbonyl (C=O) groups excluding carboxylic acids is 4. The van der Waals surface area contributed by atoms with E-state index in [9.17, 15) is 19.2 Å². The largest absolute Gasteiger partial charge is 0.445 e. The molecule has 1 aliphatic heterocycles. The highest BCUT2D eigenvalue weighted by molar-refractivity contribution is 5.94. The molecule has 0 aliphatic carbocycles. The SMILES string of the molecule is NC(=O)[C@H](Cc1ccccc1)NC(=O)[C@H](Cc1c[nH]c2ccccc12)NC(=O)[C@@H]1CCCN1C(=O)OCc1ccccc1. The number of benzene rings is 3. The molecule has 0 spiro atoms. The summed E-state index contributed by atoms with van der Waals surface area (Å²) in [6.45, 7) is 0.456. The monoisotopic (exact) mass is 581 g/mol. The van der Waals surface area contributed by atoms with Crippen LogP contribution in [0.2, 0.25) is 0 Å². The van der Waals surface area contributed by atoms with Crippen LogP contribution in [0, 0.1) is 0 Å². The Labute approximate surface area is 249 Å². The molecule has 10 nitrogen and oxygen atoms in total. The minimum atomic E-state index is -1.04. The average molecular weight is 582 g/mol. The Bertz CT molecular complexity index is 1570. The number of likely N-dealkylation sites (tertiary alicyclic amines) is 1. The molecule has 5 N–H and O–H groups in total. The lowest BCUT2D eigenvalue weighted by Crippen LogP contribution is -2.57. The number of H-pyrrole nitrogens is 1. The molecule has 10 heteroatoms. The van der Waals surface area contributed by atoms with Crippen LogP contribution in [0.25, 0.3) is 10.9 Å². The van der Waals surface area contributed by atoms with Crippen molar-refractivity contribution < 1.29 is 23.9 Å². The number of para-hydroxylation sites is 1. The van der Waals surface area contributed by atoms with Gasteiger partial charge in [0.2, 0.25) is 17.7 Å². The van der Waals surface area contributed by atoms with Crippen molar-refractivity contribution in [3.8, 4) is 0 Å². The van der Waals surface area contributed by atoms with Gasteiger partial charge < -0.3 is 26.1 Å². The predicted octanol–water partition coefficient (Wildman–Crippen LogP) is 3.21. The summed E-state index contributed by atoms with van der Waals surface area (Å²) in [5.74, 6) is -1.69. The Kier molecular flexibility index (Phi) is 9.36. The maximum atomic E-state index is 13.7. The molecule has 3 atom stereocenters. The van der Waals surface area contributed by atoms with Gasteiger partial charge in [0.15, 0.2) is 0 Å². The number of primary amides is 1. The third-order valence-corrected chi connectivity index (χ3v) is 7.67. The molecule has 2 heterocycles. The zero-order valence-corrected chi connectivity index (χ0v) is 23.7. The number of nitrogens with two attached hydrogens (primary N) is 1. The fourth-order valence-electron chi connectivity index (χ4n) is 5.40. The number of ether oxygens (including phenoxy) is 1. The lowest BCUT2D eigenvalue weighted by molar-refractivity contribution is -0.132. The molecule has 222 valence electrons. The van der Waals surface area contributed by atoms with Gasteiger partial charge in [-0.05, 0) is 35.6 Å². The standard InChI is InChI=1S/C33H35N5O5/c34-30(39)27(18-22-10-3-1-4-11-22)36-31(40)28(19-24-20-35-26-15-8-7-14-25(24)26)37-32(41)29-16-9-17-38(29)33(42)43-21-23-12-5-2-6-13-23/h1-8,10-15,20,27-29,35H,9,16-19,21H2,(H2,34,39)(H,36,40)(H,37,41)/t27-,28-,29-/m0/s1. The lowest BCUT2D eigenvalue weighted by Gasteiger charge is -2.27. The van der Waals surface area contributed by atoms with Gasteiger partial charge in [-0.15, -0.1) is 0 Å². The quantitative estimate of drug-likeness (QED) is 0.215. The number of nitrogens with zero attached hydrogens (tertiary/aromatic N) is 1. The van der Waals surface area contributed by atoms with Crippen LogP contribution in [0.15, 0.2) is 91.1 Å². The van der Waals surface area contributed by atoms with Gasteiger partial charge in [0.05, 0.1) is 0 Å². The van der Waals surface area contributed by atoms with E-state index in [1.54, 1.807) is 6.20 Å². The molecule has 4 aromatic rings. The van der Waals surface area contributed by atoms with E-state index in [2.05, 4.69) is 15.6 Å². The summed E-state index contributed by atoms with van der Waals surface area (Å²) < 4.78 is 5.49. The number of carbonyl (C=O) groups is 4. The van der Waals surface area contributed by atoms with Crippen LogP contribution in [0.4, 0.5) is 4.79 Å². The van der Waals surface area contributed by atoms with E-state index in [1.165, 1.54) is 4.90 Å². The number of aromatic nitrogens is 1. The molecule has 1 aliphatic rings. The van der Waals surface area contributed by atoms with Crippen molar-refractivity contribution in [2.24, 2.45) is 5.73 Å².